The van der Waals surface area contributed by atoms with Gasteiger partial charge in [0, 0.05) is 12.1 Å². The number of hydrogen-bond acceptors (Lipinski definition) is 5. The van der Waals surface area contributed by atoms with E-state index in [9.17, 15) is 8.78 Å². The Bertz CT molecular complexity index is 1040. The number of nitrogens with zero attached hydrogens (tertiary/aromatic N) is 2. The van der Waals surface area contributed by atoms with E-state index in [0.29, 0.717) is 30.5 Å². The number of aromatic nitrogens is 1. The predicted molar refractivity (Wildman–Crippen MR) is 133 cm³/mol. The fraction of sp³-hybridized carbons (Fsp3) is 0.304. The highest BCUT2D eigenvalue weighted by atomic mass is 127. The first-order chi connectivity index (χ1) is 15.5. The Labute approximate surface area is 208 Å². The molecule has 0 aliphatic heterocycles. The molecule has 1 heterocycles. The molecule has 2 N–H and O–H groups in total. The van der Waals surface area contributed by atoms with Gasteiger partial charge < -0.3 is 24.5 Å². The third-order valence-corrected chi connectivity index (χ3v) is 4.50. The zero-order valence-corrected chi connectivity index (χ0v) is 20.9. The van der Waals surface area contributed by atoms with Crippen molar-refractivity contribution < 1.29 is 22.7 Å². The molecule has 3 aromatic rings. The number of ether oxygens (including phenoxy) is 2. The van der Waals surface area contributed by atoms with Crippen LogP contribution >= 0.6 is 24.0 Å². The van der Waals surface area contributed by atoms with E-state index in [-0.39, 0.29) is 42.0 Å². The van der Waals surface area contributed by atoms with Crippen molar-refractivity contribution in [3.05, 3.63) is 65.5 Å². The summed E-state index contributed by atoms with van der Waals surface area (Å²) < 4.78 is 40.4. The quantitative estimate of drug-likeness (QED) is 0.210. The molecule has 0 atom stereocenters. The van der Waals surface area contributed by atoms with Gasteiger partial charge in [-0.3, -0.25) is 0 Å². The van der Waals surface area contributed by atoms with Gasteiger partial charge in [-0.15, -0.1) is 24.0 Å². The Kier molecular flexibility index (Phi) is 10.4. The summed E-state index contributed by atoms with van der Waals surface area (Å²) in [5, 5.41) is 6.33. The molecule has 0 amide bonds. The van der Waals surface area contributed by atoms with Gasteiger partial charge in [0.1, 0.15) is 6.26 Å². The molecule has 0 bridgehead atoms. The number of methoxy groups -OCH3 is 1. The molecule has 0 unspecified atom stereocenters. The second-order valence-electron chi connectivity index (χ2n) is 6.92. The fourth-order valence-electron chi connectivity index (χ4n) is 2.91. The number of guanidine groups is 1. The van der Waals surface area contributed by atoms with Gasteiger partial charge in [0.15, 0.2) is 17.5 Å². The molecule has 178 valence electrons. The number of nitrogens with one attached hydrogen (secondary N) is 2. The van der Waals surface area contributed by atoms with Gasteiger partial charge >= 0.3 is 6.61 Å². The van der Waals surface area contributed by atoms with Crippen LogP contribution in [0.3, 0.4) is 0 Å². The molecule has 10 heteroatoms. The smallest absolute Gasteiger partial charge is 0.387 e. The SMILES string of the molecule is CCNC(=NCc1ccc(OC)c(OC(F)F)c1)NCc1coc(-c2ccc(C)cc2)n1.I. The number of halogens is 3. The highest BCUT2D eigenvalue weighted by molar-refractivity contribution is 14.0. The number of oxazole rings is 1. The average molecular weight is 572 g/mol. The van der Waals surface area contributed by atoms with Crippen molar-refractivity contribution >= 4 is 29.9 Å². The Hall–Kier alpha value is -2.89. The highest BCUT2D eigenvalue weighted by Crippen LogP contribution is 2.29. The summed E-state index contributed by atoms with van der Waals surface area (Å²) in [5.41, 5.74) is 3.49. The van der Waals surface area contributed by atoms with Gasteiger partial charge in [0.2, 0.25) is 5.89 Å². The van der Waals surface area contributed by atoms with Crippen molar-refractivity contribution in [1.29, 1.82) is 0 Å². The van der Waals surface area contributed by atoms with Crippen molar-refractivity contribution in [3.8, 4) is 23.0 Å². The van der Waals surface area contributed by atoms with Crippen LogP contribution in [0.25, 0.3) is 11.5 Å². The van der Waals surface area contributed by atoms with Gasteiger partial charge in [-0.1, -0.05) is 23.8 Å². The molecule has 3 rings (SSSR count). The third kappa shape index (κ3) is 7.88. The number of benzene rings is 2. The third-order valence-electron chi connectivity index (χ3n) is 4.50. The predicted octanol–water partition coefficient (Wildman–Crippen LogP) is 5.13. The molecule has 0 fully saturated rings. The van der Waals surface area contributed by atoms with Gasteiger partial charge in [0.25, 0.3) is 0 Å². The van der Waals surface area contributed by atoms with Crippen LogP contribution in [0, 0.1) is 6.92 Å². The van der Waals surface area contributed by atoms with E-state index in [1.54, 1.807) is 18.4 Å². The monoisotopic (exact) mass is 572 g/mol. The normalized spacial score (nSPS) is 11.2. The second kappa shape index (κ2) is 13.0. The zero-order chi connectivity index (χ0) is 22.9. The minimum absolute atomic E-state index is 0. The highest BCUT2D eigenvalue weighted by Gasteiger charge is 2.12. The summed E-state index contributed by atoms with van der Waals surface area (Å²) in [7, 11) is 1.40. The maximum atomic E-state index is 12.6. The number of rotatable bonds is 9. The Morgan fingerprint density at radius 1 is 1.12 bits per heavy atom. The van der Waals surface area contributed by atoms with E-state index in [0.717, 1.165) is 11.3 Å². The van der Waals surface area contributed by atoms with E-state index in [1.807, 2.05) is 38.1 Å². The number of alkyl halides is 2. The minimum atomic E-state index is -2.94. The largest absolute Gasteiger partial charge is 0.493 e. The Balaban J connectivity index is 0.00000385. The first-order valence-electron chi connectivity index (χ1n) is 10.1. The van der Waals surface area contributed by atoms with Crippen LogP contribution in [0.4, 0.5) is 8.78 Å². The Morgan fingerprint density at radius 2 is 1.88 bits per heavy atom. The van der Waals surface area contributed by atoms with Gasteiger partial charge in [-0.25, -0.2) is 9.98 Å². The lowest BCUT2D eigenvalue weighted by Crippen LogP contribution is -2.36. The van der Waals surface area contributed by atoms with Gasteiger partial charge in [-0.2, -0.15) is 8.78 Å². The number of hydrogen-bond donors (Lipinski definition) is 2. The van der Waals surface area contributed by atoms with Crippen LogP contribution in [0.5, 0.6) is 11.5 Å². The standard InChI is InChI=1S/C23H26F2N4O3.HI/c1-4-26-23(27-12-16-7-10-19(30-3)20(11-16)32-22(24)25)28-13-18-14-31-21(29-18)17-8-5-15(2)6-9-17;/h5-11,14,22H,4,12-13H2,1-3H3,(H2,26,27,28);1H. The molecular formula is C23H27F2IN4O3. The first-order valence-corrected chi connectivity index (χ1v) is 10.1. The van der Waals surface area contributed by atoms with E-state index in [1.165, 1.54) is 18.7 Å². The van der Waals surface area contributed by atoms with Crippen LogP contribution in [-0.2, 0) is 13.1 Å². The molecule has 0 saturated carbocycles. The summed E-state index contributed by atoms with van der Waals surface area (Å²) in [5.74, 6) is 1.31. The van der Waals surface area contributed by atoms with Gasteiger partial charge in [-0.05, 0) is 43.7 Å². The van der Waals surface area contributed by atoms with E-state index in [2.05, 4.69) is 25.3 Å². The van der Waals surface area contributed by atoms with Crippen molar-refractivity contribution in [2.75, 3.05) is 13.7 Å². The van der Waals surface area contributed by atoms with Crippen LogP contribution in [0.15, 0.2) is 58.1 Å². The molecule has 0 radical (unpaired) electrons. The molecule has 0 aliphatic rings. The lowest BCUT2D eigenvalue weighted by Gasteiger charge is -2.12. The maximum Gasteiger partial charge on any atom is 0.387 e. The molecule has 1 aromatic heterocycles. The van der Waals surface area contributed by atoms with E-state index < -0.39 is 6.61 Å². The molecule has 0 saturated heterocycles. The van der Waals surface area contributed by atoms with Crippen LogP contribution in [0.1, 0.15) is 23.7 Å². The molecule has 7 nitrogen and oxygen atoms in total. The zero-order valence-electron chi connectivity index (χ0n) is 18.6. The summed E-state index contributed by atoms with van der Waals surface area (Å²) in [4.78, 5) is 9.01. The minimum Gasteiger partial charge on any atom is -0.493 e. The van der Waals surface area contributed by atoms with Crippen LogP contribution in [-0.4, -0.2) is 31.2 Å². The second-order valence-corrected chi connectivity index (χ2v) is 6.92. The van der Waals surface area contributed by atoms with Crippen molar-refractivity contribution in [3.63, 3.8) is 0 Å². The molecule has 33 heavy (non-hydrogen) atoms. The van der Waals surface area contributed by atoms with E-state index >= 15 is 0 Å². The number of aliphatic imine (C=N–C) groups is 1. The lowest BCUT2D eigenvalue weighted by molar-refractivity contribution is -0.0512. The summed E-state index contributed by atoms with van der Waals surface area (Å²) >= 11 is 0. The molecule has 0 aliphatic carbocycles. The maximum absolute atomic E-state index is 12.6. The average Bonchev–Trinajstić information content (AvgIpc) is 3.25. The fourth-order valence-corrected chi connectivity index (χ4v) is 2.91. The summed E-state index contributed by atoms with van der Waals surface area (Å²) in [6, 6.07) is 12.7. The molecular weight excluding hydrogens is 545 g/mol. The molecule has 0 spiro atoms. The lowest BCUT2D eigenvalue weighted by atomic mass is 10.1. The van der Waals surface area contributed by atoms with Crippen LogP contribution in [0.2, 0.25) is 0 Å². The number of aryl methyl sites for hydroxylation is 1. The van der Waals surface area contributed by atoms with Crippen molar-refractivity contribution in [2.24, 2.45) is 4.99 Å². The van der Waals surface area contributed by atoms with Gasteiger partial charge in [0.05, 0.1) is 25.9 Å². The van der Waals surface area contributed by atoms with Crippen molar-refractivity contribution in [1.82, 2.24) is 15.6 Å². The molecule has 2 aromatic carbocycles. The first kappa shape index (κ1) is 26.4. The van der Waals surface area contributed by atoms with Crippen molar-refractivity contribution in [2.45, 2.75) is 33.5 Å². The van der Waals surface area contributed by atoms with Crippen LogP contribution < -0.4 is 20.1 Å². The summed E-state index contributed by atoms with van der Waals surface area (Å²) in [6.07, 6.45) is 1.60. The topological polar surface area (TPSA) is 80.9 Å². The Morgan fingerprint density at radius 3 is 2.55 bits per heavy atom. The van der Waals surface area contributed by atoms with E-state index in [4.69, 9.17) is 9.15 Å². The summed E-state index contributed by atoms with van der Waals surface area (Å²) in [6.45, 7) is 2.35.